The monoisotopic (exact) mass is 332 g/mol. The van der Waals surface area contributed by atoms with Gasteiger partial charge in [0, 0.05) is 30.7 Å². The highest BCUT2D eigenvalue weighted by molar-refractivity contribution is 8.18. The number of hydrogen-bond donors (Lipinski definition) is 0. The van der Waals surface area contributed by atoms with Crippen LogP contribution in [0, 0.1) is 0 Å². The van der Waals surface area contributed by atoms with Gasteiger partial charge in [0.15, 0.2) is 0 Å². The predicted octanol–water partition coefficient (Wildman–Crippen LogP) is 3.48. The molecule has 1 aromatic rings. The van der Waals surface area contributed by atoms with E-state index in [0.29, 0.717) is 13.0 Å². The summed E-state index contributed by atoms with van der Waals surface area (Å²) < 4.78 is 12.7. The van der Waals surface area contributed by atoms with Crippen LogP contribution in [0.15, 0.2) is 60.6 Å². The van der Waals surface area contributed by atoms with Crippen LogP contribution in [-0.4, -0.2) is 40.0 Å². The van der Waals surface area contributed by atoms with Crippen molar-refractivity contribution in [1.29, 1.82) is 0 Å². The van der Waals surface area contributed by atoms with E-state index >= 15 is 0 Å². The highest BCUT2D eigenvalue weighted by atomic mass is 32.2. The number of amides is 1. The number of carbonyl (C=O) groups excluding carboxylic acids is 1. The summed E-state index contributed by atoms with van der Waals surface area (Å²) in [5.41, 5.74) is 0.968. The first-order valence-corrected chi connectivity index (χ1v) is 8.84. The Morgan fingerprint density at radius 2 is 2.09 bits per heavy atom. The summed E-state index contributed by atoms with van der Waals surface area (Å²) in [7, 11) is -0.333. The van der Waals surface area contributed by atoms with Gasteiger partial charge in [0.2, 0.25) is 5.91 Å². The number of nitrogens with zero attached hydrogens (tertiary/aromatic N) is 2. The van der Waals surface area contributed by atoms with E-state index in [4.69, 9.17) is 0 Å². The first-order valence-electron chi connectivity index (χ1n) is 7.38. The van der Waals surface area contributed by atoms with Crippen molar-refractivity contribution in [2.45, 2.75) is 18.1 Å². The van der Waals surface area contributed by atoms with Crippen molar-refractivity contribution < 1.29 is 9.18 Å². The van der Waals surface area contributed by atoms with E-state index in [-0.39, 0.29) is 21.6 Å². The lowest BCUT2D eigenvalue weighted by atomic mass is 10.2. The Bertz CT molecular complexity index is 654. The molecule has 1 saturated heterocycles. The third kappa shape index (κ3) is 4.99. The topological polar surface area (TPSA) is 33.2 Å². The minimum atomic E-state index is -0.497. The van der Waals surface area contributed by atoms with Crippen LogP contribution >= 0.6 is 10.5 Å². The lowest BCUT2D eigenvalue weighted by Crippen LogP contribution is -2.30. The van der Waals surface area contributed by atoms with Crippen molar-refractivity contribution in [3.8, 4) is 0 Å². The molecular weight excluding hydrogens is 311 g/mol. The molecule has 0 spiro atoms. The second-order valence-electron chi connectivity index (χ2n) is 5.46. The lowest BCUT2D eigenvalue weighted by molar-refractivity contribution is -0.129. The van der Waals surface area contributed by atoms with Crippen molar-refractivity contribution >= 4 is 22.3 Å². The number of hydrogen-bond acceptors (Lipinski definition) is 2. The Balaban J connectivity index is 1.90. The number of carbonyl (C=O) groups is 1. The molecule has 0 aromatic carbocycles. The second kappa shape index (κ2) is 8.02. The van der Waals surface area contributed by atoms with Crippen LogP contribution in [0.5, 0.6) is 0 Å². The first-order chi connectivity index (χ1) is 11.0. The van der Waals surface area contributed by atoms with Gasteiger partial charge in [-0.1, -0.05) is 19.0 Å². The zero-order chi connectivity index (χ0) is 16.8. The van der Waals surface area contributed by atoms with E-state index in [1.807, 2.05) is 17.0 Å². The molecule has 1 fully saturated rings. The number of halogens is 1. The summed E-state index contributed by atoms with van der Waals surface area (Å²) in [5, 5.41) is 0.279. The Hall–Kier alpha value is -2.01. The van der Waals surface area contributed by atoms with E-state index in [9.17, 15) is 9.18 Å². The van der Waals surface area contributed by atoms with Gasteiger partial charge in [-0.2, -0.15) is 10.5 Å². The fourth-order valence-corrected chi connectivity index (χ4v) is 3.88. The summed E-state index contributed by atoms with van der Waals surface area (Å²) in [4.78, 5) is 19.0. The van der Waals surface area contributed by atoms with Crippen LogP contribution < -0.4 is 0 Å². The van der Waals surface area contributed by atoms with E-state index in [1.54, 1.807) is 18.5 Å². The molecule has 1 aliphatic rings. The quantitative estimate of drug-likeness (QED) is 0.590. The molecule has 3 nitrogen and oxygen atoms in total. The van der Waals surface area contributed by atoms with Gasteiger partial charge in [-0.3, -0.25) is 9.78 Å². The maximum Gasteiger partial charge on any atom is 0.227 e. The largest absolute Gasteiger partial charge is 0.341 e. The molecule has 1 aliphatic heterocycles. The number of rotatable bonds is 6. The Kier molecular flexibility index (Phi) is 6.04. The summed E-state index contributed by atoms with van der Waals surface area (Å²) in [5.74, 6) is 3.78. The summed E-state index contributed by atoms with van der Waals surface area (Å²) in [6.07, 6.45) is 7.60. The van der Waals surface area contributed by atoms with Gasteiger partial charge in [-0.05, 0) is 41.2 Å². The number of pyridine rings is 1. The molecule has 1 aromatic heterocycles. The fourth-order valence-electron chi connectivity index (χ4n) is 2.46. The van der Waals surface area contributed by atoms with Gasteiger partial charge in [-0.15, -0.1) is 0 Å². The van der Waals surface area contributed by atoms with Crippen LogP contribution in [0.25, 0.3) is 0 Å². The van der Waals surface area contributed by atoms with E-state index in [2.05, 4.69) is 24.0 Å². The second-order valence-corrected chi connectivity index (χ2v) is 7.51. The first kappa shape index (κ1) is 17.3. The smallest absolute Gasteiger partial charge is 0.227 e. The third-order valence-corrected chi connectivity index (χ3v) is 5.79. The Morgan fingerprint density at radius 3 is 2.74 bits per heavy atom. The maximum atomic E-state index is 12.7. The average molecular weight is 332 g/mol. The predicted molar refractivity (Wildman–Crippen MR) is 96.2 cm³/mol. The van der Waals surface area contributed by atoms with Crippen molar-refractivity contribution in [2.75, 3.05) is 13.1 Å². The number of likely N-dealkylation sites (tertiary alicyclic amines) is 1. The van der Waals surface area contributed by atoms with Gasteiger partial charge < -0.3 is 4.90 Å². The molecule has 5 heteroatoms. The summed E-state index contributed by atoms with van der Waals surface area (Å²) in [6.45, 7) is 8.56. The molecule has 1 amide bonds. The lowest BCUT2D eigenvalue weighted by Gasteiger charge is -2.18. The third-order valence-electron chi connectivity index (χ3n) is 3.79. The van der Waals surface area contributed by atoms with E-state index < -0.39 is 5.83 Å². The van der Waals surface area contributed by atoms with Crippen molar-refractivity contribution in [3.05, 3.63) is 66.1 Å². The molecule has 0 saturated carbocycles. The summed E-state index contributed by atoms with van der Waals surface area (Å²) >= 11 is 0. The van der Waals surface area contributed by atoms with Gasteiger partial charge in [-0.25, -0.2) is 4.39 Å². The van der Waals surface area contributed by atoms with Crippen LogP contribution in [0.2, 0.25) is 0 Å². The number of allylic oxidation sites excluding steroid dienone is 3. The molecule has 2 heterocycles. The minimum Gasteiger partial charge on any atom is -0.341 e. The SMILES string of the molecule is C=C(F)/C=C\C(=C)S(=C)C1CCN(C(=O)Cc2ccncc2)C1. The van der Waals surface area contributed by atoms with Crippen molar-refractivity contribution in [3.63, 3.8) is 0 Å². The van der Waals surface area contributed by atoms with Gasteiger partial charge in [0.25, 0.3) is 0 Å². The maximum absolute atomic E-state index is 12.7. The van der Waals surface area contributed by atoms with Gasteiger partial charge in [0.1, 0.15) is 5.83 Å². The molecule has 2 atom stereocenters. The standard InChI is InChI=1S/C18H21FN2OS/c1-14(19)4-5-15(2)23(3)17-8-11-21(13-17)18(22)12-16-6-9-20-10-7-16/h4-7,9-10,17H,1-3,8,11-13H2/b5-4-. The molecular formula is C18H21FN2OS. The molecule has 0 radical (unpaired) electrons. The highest BCUT2D eigenvalue weighted by Crippen LogP contribution is 2.34. The average Bonchev–Trinajstić information content (AvgIpc) is 3.02. The van der Waals surface area contributed by atoms with Crippen LogP contribution in [-0.2, 0) is 11.2 Å². The molecule has 0 bridgehead atoms. The zero-order valence-electron chi connectivity index (χ0n) is 13.1. The fraction of sp³-hybridized carbons (Fsp3) is 0.278. The molecule has 122 valence electrons. The van der Waals surface area contributed by atoms with Crippen molar-refractivity contribution in [2.24, 2.45) is 0 Å². The van der Waals surface area contributed by atoms with E-state index in [0.717, 1.165) is 23.4 Å². The van der Waals surface area contributed by atoms with E-state index in [1.165, 1.54) is 6.08 Å². The highest BCUT2D eigenvalue weighted by Gasteiger charge is 2.27. The molecule has 2 rings (SSSR count). The molecule has 23 heavy (non-hydrogen) atoms. The van der Waals surface area contributed by atoms with Crippen LogP contribution in [0.4, 0.5) is 4.39 Å². The minimum absolute atomic E-state index is 0.119. The van der Waals surface area contributed by atoms with Crippen LogP contribution in [0.1, 0.15) is 12.0 Å². The Labute approximate surface area is 139 Å². The molecule has 2 unspecified atom stereocenters. The zero-order valence-corrected chi connectivity index (χ0v) is 13.9. The van der Waals surface area contributed by atoms with Crippen LogP contribution in [0.3, 0.4) is 0 Å². The van der Waals surface area contributed by atoms with Gasteiger partial charge in [0.05, 0.1) is 6.42 Å². The van der Waals surface area contributed by atoms with Crippen molar-refractivity contribution in [1.82, 2.24) is 9.88 Å². The molecule has 0 aliphatic carbocycles. The Morgan fingerprint density at radius 1 is 1.39 bits per heavy atom. The normalized spacial score (nSPS) is 19.0. The number of aromatic nitrogens is 1. The van der Waals surface area contributed by atoms with Gasteiger partial charge >= 0.3 is 0 Å². The summed E-state index contributed by atoms with van der Waals surface area (Å²) in [6, 6.07) is 3.71. The molecule has 0 N–H and O–H groups in total.